The fourth-order valence-corrected chi connectivity index (χ4v) is 4.62. The molecule has 10 nitrogen and oxygen atoms in total. The number of rotatable bonds is 8. The van der Waals surface area contributed by atoms with E-state index in [0.29, 0.717) is 5.69 Å². The van der Waals surface area contributed by atoms with Gasteiger partial charge in [0.25, 0.3) is 5.91 Å². The van der Waals surface area contributed by atoms with Crippen LogP contribution in [0.3, 0.4) is 0 Å². The van der Waals surface area contributed by atoms with E-state index < -0.39 is 29.5 Å². The highest BCUT2D eigenvalue weighted by Gasteiger charge is 2.35. The molecule has 2 amide bonds. The molecule has 1 aliphatic rings. The zero-order valence-corrected chi connectivity index (χ0v) is 19.3. The van der Waals surface area contributed by atoms with Crippen LogP contribution < -0.4 is 21.7 Å². The predicted octanol–water partition coefficient (Wildman–Crippen LogP) is 2.77. The van der Waals surface area contributed by atoms with Crippen molar-refractivity contribution in [3.8, 4) is 0 Å². The first-order valence-electron chi connectivity index (χ1n) is 10.5. The van der Waals surface area contributed by atoms with Gasteiger partial charge in [0.1, 0.15) is 22.6 Å². The van der Waals surface area contributed by atoms with Gasteiger partial charge in [-0.3, -0.25) is 14.4 Å². The third-order valence-electron chi connectivity index (χ3n) is 5.80. The Morgan fingerprint density at radius 1 is 1.26 bits per heavy atom. The summed E-state index contributed by atoms with van der Waals surface area (Å²) < 4.78 is 18.5. The zero-order chi connectivity index (χ0) is 24.6. The van der Waals surface area contributed by atoms with Gasteiger partial charge in [0.05, 0.1) is 0 Å². The summed E-state index contributed by atoms with van der Waals surface area (Å²) in [5, 5.41) is 6.81. The molecule has 1 aliphatic carbocycles. The Morgan fingerprint density at radius 3 is 2.53 bits per heavy atom. The SMILES string of the molecule is C[C@H](C(N)=O)N(c1ccc(F)cc1)c1nc(N)c(C(=O)c2cc(C(=O)NC3(C)CCC3)no2)s1. The van der Waals surface area contributed by atoms with E-state index >= 15 is 0 Å². The number of nitrogens with two attached hydrogens (primary N) is 2. The number of halogens is 1. The van der Waals surface area contributed by atoms with E-state index in [1.165, 1.54) is 35.2 Å². The third kappa shape index (κ3) is 4.49. The molecule has 2 aromatic heterocycles. The molecule has 0 saturated heterocycles. The molecule has 0 aliphatic heterocycles. The Labute approximate surface area is 198 Å². The van der Waals surface area contributed by atoms with Crippen LogP contribution in [0.25, 0.3) is 0 Å². The second kappa shape index (κ2) is 8.86. The molecule has 1 saturated carbocycles. The van der Waals surface area contributed by atoms with Gasteiger partial charge in [-0.1, -0.05) is 16.5 Å². The summed E-state index contributed by atoms with van der Waals surface area (Å²) >= 11 is 0.906. The molecule has 5 N–H and O–H groups in total. The first-order chi connectivity index (χ1) is 16.1. The molecule has 0 radical (unpaired) electrons. The highest BCUT2D eigenvalue weighted by Crippen LogP contribution is 2.36. The minimum absolute atomic E-state index is 0.0184. The first kappa shape index (κ1) is 23.4. The Hall–Kier alpha value is -3.80. The average Bonchev–Trinajstić information content (AvgIpc) is 3.41. The van der Waals surface area contributed by atoms with Crippen molar-refractivity contribution >= 4 is 45.6 Å². The lowest BCUT2D eigenvalue weighted by molar-refractivity contribution is -0.118. The van der Waals surface area contributed by atoms with Crippen molar-refractivity contribution in [2.75, 3.05) is 10.6 Å². The third-order valence-corrected chi connectivity index (χ3v) is 6.87. The molecule has 178 valence electrons. The van der Waals surface area contributed by atoms with Crippen LogP contribution in [-0.2, 0) is 4.79 Å². The standard InChI is InChI=1S/C22H23FN6O4S/c1-11(19(25)31)29(13-6-4-12(23)5-7-13)21-26-18(24)17(34-21)16(30)15-10-14(28-33-15)20(32)27-22(2)8-3-9-22/h4-7,10-11H,3,8-9,24H2,1-2H3,(H2,25,31)(H,27,32)/t11-/m1/s1. The summed E-state index contributed by atoms with van der Waals surface area (Å²) in [5.41, 5.74) is 11.6. The molecule has 1 fully saturated rings. The molecule has 0 unspecified atom stereocenters. The number of ketones is 1. The maximum Gasteiger partial charge on any atom is 0.273 e. The fraction of sp³-hybridized carbons (Fsp3) is 0.318. The van der Waals surface area contributed by atoms with E-state index in [-0.39, 0.29) is 32.8 Å². The van der Waals surface area contributed by atoms with Crippen LogP contribution in [0.1, 0.15) is 59.0 Å². The van der Waals surface area contributed by atoms with Gasteiger partial charge >= 0.3 is 0 Å². The summed E-state index contributed by atoms with van der Waals surface area (Å²) in [6.07, 6.45) is 2.78. The van der Waals surface area contributed by atoms with Crippen LogP contribution in [0.4, 0.5) is 21.0 Å². The number of nitrogens with zero attached hydrogens (tertiary/aromatic N) is 3. The first-order valence-corrected chi connectivity index (χ1v) is 11.3. The topological polar surface area (TPSA) is 157 Å². The molecular weight excluding hydrogens is 463 g/mol. The lowest BCUT2D eigenvalue weighted by Crippen LogP contribution is -2.51. The van der Waals surface area contributed by atoms with Gasteiger partial charge in [-0.05, 0) is 57.4 Å². The van der Waals surface area contributed by atoms with Crippen molar-refractivity contribution in [1.82, 2.24) is 15.5 Å². The summed E-state index contributed by atoms with van der Waals surface area (Å²) in [4.78, 5) is 43.1. The summed E-state index contributed by atoms with van der Waals surface area (Å²) in [5.74, 6) is -2.44. The minimum atomic E-state index is -0.868. The normalized spacial score (nSPS) is 15.3. The number of amides is 2. The van der Waals surface area contributed by atoms with Gasteiger partial charge in [-0.2, -0.15) is 0 Å². The Morgan fingerprint density at radius 2 is 1.94 bits per heavy atom. The van der Waals surface area contributed by atoms with Crippen LogP contribution in [0.15, 0.2) is 34.9 Å². The quantitative estimate of drug-likeness (QED) is 0.410. The number of hydrogen-bond acceptors (Lipinski definition) is 9. The van der Waals surface area contributed by atoms with E-state index in [9.17, 15) is 18.8 Å². The van der Waals surface area contributed by atoms with Crippen LogP contribution in [-0.4, -0.2) is 39.3 Å². The number of hydrogen-bond donors (Lipinski definition) is 3. The van der Waals surface area contributed by atoms with Gasteiger partial charge in [0, 0.05) is 17.3 Å². The van der Waals surface area contributed by atoms with Crippen molar-refractivity contribution in [3.63, 3.8) is 0 Å². The number of nitrogen functional groups attached to an aromatic ring is 1. The van der Waals surface area contributed by atoms with Crippen LogP contribution in [0.2, 0.25) is 0 Å². The highest BCUT2D eigenvalue weighted by atomic mass is 32.1. The number of carbonyl (C=O) groups is 3. The second-order valence-corrected chi connectivity index (χ2v) is 9.39. The van der Waals surface area contributed by atoms with Crippen molar-refractivity contribution in [2.24, 2.45) is 5.73 Å². The molecule has 0 bridgehead atoms. The van der Waals surface area contributed by atoms with E-state index in [4.69, 9.17) is 16.0 Å². The Balaban J connectivity index is 1.61. The monoisotopic (exact) mass is 486 g/mol. The van der Waals surface area contributed by atoms with E-state index in [1.54, 1.807) is 6.92 Å². The molecular formula is C22H23FN6O4S. The number of nitrogens with one attached hydrogen (secondary N) is 1. The lowest BCUT2D eigenvalue weighted by Gasteiger charge is -2.38. The summed E-state index contributed by atoms with van der Waals surface area (Å²) in [6, 6.07) is 5.75. The van der Waals surface area contributed by atoms with Crippen molar-refractivity contribution < 1.29 is 23.3 Å². The van der Waals surface area contributed by atoms with Gasteiger partial charge in [0.15, 0.2) is 10.8 Å². The molecule has 0 spiro atoms. The van der Waals surface area contributed by atoms with Crippen LogP contribution in [0, 0.1) is 5.82 Å². The predicted molar refractivity (Wildman–Crippen MR) is 123 cm³/mol. The van der Waals surface area contributed by atoms with Crippen molar-refractivity contribution in [2.45, 2.75) is 44.7 Å². The number of aromatic nitrogens is 2. The zero-order valence-electron chi connectivity index (χ0n) is 18.5. The van der Waals surface area contributed by atoms with E-state index in [0.717, 1.165) is 30.6 Å². The number of primary amides is 1. The number of thiazole rings is 1. The van der Waals surface area contributed by atoms with Crippen molar-refractivity contribution in [3.05, 3.63) is 52.5 Å². The molecule has 1 atom stereocenters. The van der Waals surface area contributed by atoms with Crippen molar-refractivity contribution in [1.29, 1.82) is 0 Å². The largest absolute Gasteiger partial charge is 0.382 e. The summed E-state index contributed by atoms with van der Waals surface area (Å²) in [6.45, 7) is 3.49. The summed E-state index contributed by atoms with van der Waals surface area (Å²) in [7, 11) is 0. The molecule has 1 aromatic carbocycles. The minimum Gasteiger partial charge on any atom is -0.382 e. The van der Waals surface area contributed by atoms with E-state index in [1.807, 2.05) is 6.92 Å². The van der Waals surface area contributed by atoms with Gasteiger partial charge < -0.3 is 26.2 Å². The molecule has 3 aromatic rings. The Kier molecular flexibility index (Phi) is 6.09. The Bertz CT molecular complexity index is 1250. The van der Waals surface area contributed by atoms with E-state index in [2.05, 4.69) is 15.5 Å². The van der Waals surface area contributed by atoms with Gasteiger partial charge in [-0.15, -0.1) is 0 Å². The maximum absolute atomic E-state index is 13.4. The smallest absolute Gasteiger partial charge is 0.273 e. The second-order valence-electron chi connectivity index (χ2n) is 8.41. The number of carbonyl (C=O) groups excluding carboxylic acids is 3. The lowest BCUT2D eigenvalue weighted by atomic mass is 9.78. The molecule has 34 heavy (non-hydrogen) atoms. The average molecular weight is 487 g/mol. The number of benzene rings is 1. The molecule has 2 heterocycles. The van der Waals surface area contributed by atoms with Crippen LogP contribution >= 0.6 is 11.3 Å². The fourth-order valence-electron chi connectivity index (χ4n) is 3.59. The highest BCUT2D eigenvalue weighted by molar-refractivity contribution is 7.18. The van der Waals surface area contributed by atoms with Crippen LogP contribution in [0.5, 0.6) is 0 Å². The van der Waals surface area contributed by atoms with Gasteiger partial charge in [-0.25, -0.2) is 9.37 Å². The van der Waals surface area contributed by atoms with Gasteiger partial charge in [0.2, 0.25) is 17.5 Å². The number of anilines is 3. The molecule has 12 heteroatoms. The maximum atomic E-state index is 13.4. The molecule has 4 rings (SSSR count).